The fourth-order valence-electron chi connectivity index (χ4n) is 1.60. The number of alkyl halides is 1. The summed E-state index contributed by atoms with van der Waals surface area (Å²) in [6.45, 7) is 4.67. The third-order valence-electron chi connectivity index (χ3n) is 2.57. The molecule has 0 bridgehead atoms. The van der Waals surface area contributed by atoms with Gasteiger partial charge in [0.05, 0.1) is 0 Å². The molecular weight excluding hydrogens is 233 g/mol. The maximum absolute atomic E-state index is 11.9. The number of hydrogen-bond acceptors (Lipinski definition) is 3. The van der Waals surface area contributed by atoms with Crippen molar-refractivity contribution in [1.29, 1.82) is 0 Å². The summed E-state index contributed by atoms with van der Waals surface area (Å²) >= 11 is 0. The number of benzene rings is 1. The molecule has 1 aromatic rings. The smallest absolute Gasteiger partial charge is 0.228 e. The lowest BCUT2D eigenvalue weighted by Gasteiger charge is -2.06. The molecule has 4 heteroatoms. The molecule has 0 aliphatic rings. The lowest BCUT2D eigenvalue weighted by Crippen LogP contribution is -2.15. The number of halogens is 1. The standard InChI is InChI=1S/C14H22FNO2/c1-2-17-10-4-3-9-16-11-13-5-7-14(8-6-13)18-12-15/h5-8,16H,2-4,9-12H2,1H3. The van der Waals surface area contributed by atoms with Crippen LogP contribution in [0.2, 0.25) is 0 Å². The van der Waals surface area contributed by atoms with Crippen LogP contribution in [0, 0.1) is 0 Å². The summed E-state index contributed by atoms with van der Waals surface area (Å²) in [5, 5.41) is 3.36. The molecule has 1 N–H and O–H groups in total. The molecule has 0 heterocycles. The summed E-state index contributed by atoms with van der Waals surface area (Å²) < 4.78 is 21.9. The maximum atomic E-state index is 11.9. The van der Waals surface area contributed by atoms with E-state index in [4.69, 9.17) is 9.47 Å². The number of ether oxygens (including phenoxy) is 2. The zero-order valence-corrected chi connectivity index (χ0v) is 11.0. The minimum Gasteiger partial charge on any atom is -0.463 e. The predicted molar refractivity (Wildman–Crippen MR) is 70.5 cm³/mol. The summed E-state index contributed by atoms with van der Waals surface area (Å²) in [6, 6.07) is 7.45. The van der Waals surface area contributed by atoms with Crippen molar-refractivity contribution in [2.24, 2.45) is 0 Å². The van der Waals surface area contributed by atoms with Crippen molar-refractivity contribution in [3.8, 4) is 5.75 Å². The largest absolute Gasteiger partial charge is 0.463 e. The van der Waals surface area contributed by atoms with E-state index in [1.807, 2.05) is 19.1 Å². The molecule has 0 amide bonds. The highest BCUT2D eigenvalue weighted by Gasteiger charge is 1.95. The molecule has 0 spiro atoms. The van der Waals surface area contributed by atoms with E-state index in [-0.39, 0.29) is 0 Å². The summed E-state index contributed by atoms with van der Waals surface area (Å²) in [5.74, 6) is 0.568. The Hall–Kier alpha value is -1.13. The van der Waals surface area contributed by atoms with E-state index in [0.29, 0.717) is 5.75 Å². The minimum atomic E-state index is -0.780. The predicted octanol–water partition coefficient (Wildman–Crippen LogP) is 2.90. The maximum Gasteiger partial charge on any atom is 0.228 e. The second-order valence-corrected chi connectivity index (χ2v) is 3.98. The van der Waals surface area contributed by atoms with Crippen LogP contribution >= 0.6 is 0 Å². The van der Waals surface area contributed by atoms with Gasteiger partial charge in [0.25, 0.3) is 0 Å². The highest BCUT2D eigenvalue weighted by Crippen LogP contribution is 2.11. The lowest BCUT2D eigenvalue weighted by atomic mass is 10.2. The van der Waals surface area contributed by atoms with E-state index in [1.165, 1.54) is 5.56 Å². The van der Waals surface area contributed by atoms with E-state index in [0.717, 1.165) is 39.1 Å². The van der Waals surface area contributed by atoms with Crippen LogP contribution in [0.25, 0.3) is 0 Å². The van der Waals surface area contributed by atoms with Crippen LogP contribution in [-0.4, -0.2) is 26.6 Å². The van der Waals surface area contributed by atoms with Crippen molar-refractivity contribution in [1.82, 2.24) is 5.32 Å². The third-order valence-corrected chi connectivity index (χ3v) is 2.57. The van der Waals surface area contributed by atoms with Gasteiger partial charge in [0, 0.05) is 19.8 Å². The van der Waals surface area contributed by atoms with Gasteiger partial charge in [-0.15, -0.1) is 0 Å². The second kappa shape index (κ2) is 9.85. The van der Waals surface area contributed by atoms with Gasteiger partial charge < -0.3 is 14.8 Å². The second-order valence-electron chi connectivity index (χ2n) is 3.98. The first-order valence-corrected chi connectivity index (χ1v) is 6.43. The van der Waals surface area contributed by atoms with Gasteiger partial charge in [0.2, 0.25) is 6.86 Å². The Kier molecular flexibility index (Phi) is 8.17. The van der Waals surface area contributed by atoms with Crippen LogP contribution in [0.5, 0.6) is 5.75 Å². The number of rotatable bonds is 10. The van der Waals surface area contributed by atoms with E-state index in [9.17, 15) is 4.39 Å². The number of unbranched alkanes of at least 4 members (excludes halogenated alkanes) is 1. The molecule has 0 unspecified atom stereocenters. The molecule has 18 heavy (non-hydrogen) atoms. The zero-order chi connectivity index (χ0) is 13.1. The fourth-order valence-corrected chi connectivity index (χ4v) is 1.60. The van der Waals surface area contributed by atoms with Crippen molar-refractivity contribution < 1.29 is 13.9 Å². The Morgan fingerprint density at radius 1 is 1.17 bits per heavy atom. The van der Waals surface area contributed by atoms with Gasteiger partial charge in [-0.2, -0.15) is 0 Å². The molecule has 0 aliphatic heterocycles. The van der Waals surface area contributed by atoms with Crippen LogP contribution in [-0.2, 0) is 11.3 Å². The first-order chi connectivity index (χ1) is 8.86. The average molecular weight is 255 g/mol. The van der Waals surface area contributed by atoms with Gasteiger partial charge in [0.15, 0.2) is 0 Å². The molecule has 1 rings (SSSR count). The quantitative estimate of drug-likeness (QED) is 0.652. The van der Waals surface area contributed by atoms with Crippen LogP contribution in [0.1, 0.15) is 25.3 Å². The van der Waals surface area contributed by atoms with Gasteiger partial charge in [-0.1, -0.05) is 12.1 Å². The van der Waals surface area contributed by atoms with E-state index in [1.54, 1.807) is 12.1 Å². The molecule has 0 saturated heterocycles. The van der Waals surface area contributed by atoms with E-state index >= 15 is 0 Å². The number of hydrogen-bond donors (Lipinski definition) is 1. The lowest BCUT2D eigenvalue weighted by molar-refractivity contribution is 0.143. The van der Waals surface area contributed by atoms with E-state index < -0.39 is 6.86 Å². The van der Waals surface area contributed by atoms with Gasteiger partial charge in [-0.3, -0.25) is 0 Å². The summed E-state index contributed by atoms with van der Waals surface area (Å²) in [7, 11) is 0. The first kappa shape index (κ1) is 14.9. The van der Waals surface area contributed by atoms with Crippen molar-refractivity contribution in [3.63, 3.8) is 0 Å². The van der Waals surface area contributed by atoms with Gasteiger partial charge in [0.1, 0.15) is 5.75 Å². The van der Waals surface area contributed by atoms with Crippen molar-refractivity contribution in [2.75, 3.05) is 26.6 Å². The molecule has 0 aromatic heterocycles. The van der Waals surface area contributed by atoms with Crippen LogP contribution < -0.4 is 10.1 Å². The molecule has 0 aliphatic carbocycles. The van der Waals surface area contributed by atoms with Gasteiger partial charge >= 0.3 is 0 Å². The molecule has 0 atom stereocenters. The van der Waals surface area contributed by atoms with Crippen LogP contribution in [0.15, 0.2) is 24.3 Å². The molecule has 1 aromatic carbocycles. The molecule has 0 fully saturated rings. The Morgan fingerprint density at radius 2 is 1.94 bits per heavy atom. The van der Waals surface area contributed by atoms with Crippen molar-refractivity contribution >= 4 is 0 Å². The Bertz CT molecular complexity index is 303. The van der Waals surface area contributed by atoms with Crippen molar-refractivity contribution in [3.05, 3.63) is 29.8 Å². The van der Waals surface area contributed by atoms with Crippen LogP contribution in [0.4, 0.5) is 4.39 Å². The van der Waals surface area contributed by atoms with Gasteiger partial charge in [-0.25, -0.2) is 4.39 Å². The first-order valence-electron chi connectivity index (χ1n) is 6.43. The van der Waals surface area contributed by atoms with Crippen LogP contribution in [0.3, 0.4) is 0 Å². The van der Waals surface area contributed by atoms with Gasteiger partial charge in [-0.05, 0) is 44.0 Å². The topological polar surface area (TPSA) is 30.5 Å². The molecule has 3 nitrogen and oxygen atoms in total. The SMILES string of the molecule is CCOCCCCNCc1ccc(OCF)cc1. The zero-order valence-electron chi connectivity index (χ0n) is 11.0. The normalized spacial score (nSPS) is 10.6. The summed E-state index contributed by atoms with van der Waals surface area (Å²) in [5.41, 5.74) is 1.17. The Morgan fingerprint density at radius 3 is 2.61 bits per heavy atom. The monoisotopic (exact) mass is 255 g/mol. The Labute approximate surface area is 108 Å². The highest BCUT2D eigenvalue weighted by atomic mass is 19.1. The highest BCUT2D eigenvalue weighted by molar-refractivity contribution is 5.27. The van der Waals surface area contributed by atoms with Crippen molar-refractivity contribution in [2.45, 2.75) is 26.3 Å². The summed E-state index contributed by atoms with van der Waals surface area (Å²) in [6.07, 6.45) is 2.20. The fraction of sp³-hybridized carbons (Fsp3) is 0.571. The molecule has 102 valence electrons. The average Bonchev–Trinajstić information content (AvgIpc) is 2.40. The minimum absolute atomic E-state index is 0.568. The third kappa shape index (κ3) is 6.57. The summed E-state index contributed by atoms with van der Waals surface area (Å²) in [4.78, 5) is 0. The molecular formula is C14H22FNO2. The number of nitrogens with one attached hydrogen (secondary N) is 1. The molecule has 0 saturated carbocycles. The Balaban J connectivity index is 2.08. The molecule has 0 radical (unpaired) electrons. The van der Waals surface area contributed by atoms with E-state index in [2.05, 4.69) is 5.32 Å².